The third-order valence-electron chi connectivity index (χ3n) is 1.55. The normalized spacial score (nSPS) is 10.2. The van der Waals surface area contributed by atoms with Gasteiger partial charge in [0, 0.05) is 6.42 Å². The molecule has 0 amide bonds. The van der Waals surface area contributed by atoms with Crippen LogP contribution in [0.1, 0.15) is 12.5 Å². The number of hydrogen-bond acceptors (Lipinski definition) is 1. The van der Waals surface area contributed by atoms with Crippen molar-refractivity contribution in [3.8, 4) is 0 Å². The Bertz CT molecular complexity index is 350. The molecule has 0 aliphatic rings. The van der Waals surface area contributed by atoms with Gasteiger partial charge in [0.25, 0.3) is 0 Å². The molecule has 4 heteroatoms. The summed E-state index contributed by atoms with van der Waals surface area (Å²) in [6.07, 6.45) is 0.0238. The lowest BCUT2D eigenvalue weighted by Crippen LogP contribution is -1.99. The summed E-state index contributed by atoms with van der Waals surface area (Å²) in [5, 5.41) is -0.310. The van der Waals surface area contributed by atoms with Crippen LogP contribution in [-0.2, 0) is 11.2 Å². The summed E-state index contributed by atoms with van der Waals surface area (Å²) in [6, 6.07) is 2.27. The van der Waals surface area contributed by atoms with E-state index in [2.05, 4.69) is 0 Å². The summed E-state index contributed by atoms with van der Waals surface area (Å²) in [4.78, 5) is 10.7. The maximum Gasteiger partial charge on any atom is 0.177 e. The fourth-order valence-electron chi connectivity index (χ4n) is 0.971. The van der Waals surface area contributed by atoms with Gasteiger partial charge >= 0.3 is 0 Å². The van der Waals surface area contributed by atoms with Gasteiger partial charge in [0.15, 0.2) is 11.6 Å². The summed E-state index contributed by atoms with van der Waals surface area (Å²) >= 11 is 5.48. The number of carbonyl (C=O) groups is 1. The first-order valence-corrected chi connectivity index (χ1v) is 4.02. The molecule has 0 aliphatic heterocycles. The Morgan fingerprint density at radius 1 is 1.46 bits per heavy atom. The van der Waals surface area contributed by atoms with Crippen molar-refractivity contribution < 1.29 is 13.6 Å². The third-order valence-corrected chi connectivity index (χ3v) is 1.96. The third kappa shape index (κ3) is 2.25. The first kappa shape index (κ1) is 10.1. The van der Waals surface area contributed by atoms with Crippen molar-refractivity contribution in [1.29, 1.82) is 0 Å². The minimum Gasteiger partial charge on any atom is -0.300 e. The second-order valence-corrected chi connectivity index (χ2v) is 3.09. The fourth-order valence-corrected chi connectivity index (χ4v) is 1.19. The second kappa shape index (κ2) is 3.83. The van der Waals surface area contributed by atoms with Crippen LogP contribution < -0.4 is 0 Å². The van der Waals surface area contributed by atoms with Gasteiger partial charge in [-0.1, -0.05) is 17.7 Å². The minimum absolute atomic E-state index is 0.0238. The van der Waals surface area contributed by atoms with Gasteiger partial charge in [-0.2, -0.15) is 0 Å². The highest BCUT2D eigenvalue weighted by Gasteiger charge is 2.12. The van der Waals surface area contributed by atoms with Gasteiger partial charge in [0.05, 0.1) is 5.02 Å². The maximum atomic E-state index is 12.8. The molecule has 0 radical (unpaired) electrons. The second-order valence-electron chi connectivity index (χ2n) is 2.71. The summed E-state index contributed by atoms with van der Waals surface area (Å²) in [7, 11) is 0. The molecule has 0 saturated heterocycles. The predicted octanol–water partition coefficient (Wildman–Crippen LogP) is 2.75. The summed E-state index contributed by atoms with van der Waals surface area (Å²) in [5.41, 5.74) is 0.313. The van der Waals surface area contributed by atoms with E-state index in [-0.39, 0.29) is 17.2 Å². The van der Waals surface area contributed by atoms with Crippen molar-refractivity contribution in [2.24, 2.45) is 0 Å². The summed E-state index contributed by atoms with van der Waals surface area (Å²) in [5.74, 6) is -2.24. The van der Waals surface area contributed by atoms with Crippen LogP contribution in [-0.4, -0.2) is 5.78 Å². The summed E-state index contributed by atoms with van der Waals surface area (Å²) < 4.78 is 25.4. The number of halogens is 3. The Morgan fingerprint density at radius 3 is 2.62 bits per heavy atom. The molecule has 1 rings (SSSR count). The van der Waals surface area contributed by atoms with E-state index in [4.69, 9.17) is 11.6 Å². The van der Waals surface area contributed by atoms with E-state index in [1.165, 1.54) is 13.0 Å². The molecule has 1 aromatic rings. The number of hydrogen-bond donors (Lipinski definition) is 0. The van der Waals surface area contributed by atoms with Gasteiger partial charge in [-0.25, -0.2) is 8.78 Å². The average Bonchev–Trinajstić information content (AvgIpc) is 2.06. The number of ketones is 1. The van der Waals surface area contributed by atoms with Crippen LogP contribution in [0, 0.1) is 11.6 Å². The molecule has 0 heterocycles. The van der Waals surface area contributed by atoms with Gasteiger partial charge in [0.1, 0.15) is 5.78 Å². The van der Waals surface area contributed by atoms with Crippen LogP contribution in [0.25, 0.3) is 0 Å². The zero-order valence-electron chi connectivity index (χ0n) is 6.90. The Kier molecular flexibility index (Phi) is 2.98. The van der Waals surface area contributed by atoms with E-state index in [1.54, 1.807) is 0 Å². The highest BCUT2D eigenvalue weighted by atomic mass is 35.5. The molecule has 1 aromatic carbocycles. The first-order valence-electron chi connectivity index (χ1n) is 3.64. The lowest BCUT2D eigenvalue weighted by molar-refractivity contribution is -0.116. The quantitative estimate of drug-likeness (QED) is 0.677. The zero-order chi connectivity index (χ0) is 10.0. The van der Waals surface area contributed by atoms with Crippen LogP contribution >= 0.6 is 11.6 Å². The molecule has 0 spiro atoms. The highest BCUT2D eigenvalue weighted by Crippen LogP contribution is 2.22. The molecule has 13 heavy (non-hydrogen) atoms. The molecule has 1 nitrogen and oxygen atoms in total. The highest BCUT2D eigenvalue weighted by molar-refractivity contribution is 6.31. The molecular formula is C9H7ClF2O. The Morgan fingerprint density at radius 2 is 2.08 bits per heavy atom. The molecule has 0 aromatic heterocycles. The minimum atomic E-state index is -1.10. The van der Waals surface area contributed by atoms with Gasteiger partial charge < -0.3 is 0 Å². The topological polar surface area (TPSA) is 17.1 Å². The van der Waals surface area contributed by atoms with Crippen LogP contribution in [0.4, 0.5) is 8.78 Å². The van der Waals surface area contributed by atoms with Crippen LogP contribution in [0.2, 0.25) is 5.02 Å². The Balaban J connectivity index is 3.10. The number of Topliss-reactive ketones (excluding diaryl/α,β-unsaturated/α-hetero) is 1. The van der Waals surface area contributed by atoms with E-state index in [0.29, 0.717) is 5.56 Å². The summed E-state index contributed by atoms with van der Waals surface area (Å²) in [6.45, 7) is 1.36. The van der Waals surface area contributed by atoms with Crippen molar-refractivity contribution in [1.82, 2.24) is 0 Å². The zero-order valence-corrected chi connectivity index (χ0v) is 7.66. The molecule has 0 saturated carbocycles. The lowest BCUT2D eigenvalue weighted by Gasteiger charge is -2.02. The number of rotatable bonds is 2. The smallest absolute Gasteiger partial charge is 0.177 e. The molecule has 0 fully saturated rings. The number of benzene rings is 1. The molecule has 70 valence electrons. The van der Waals surface area contributed by atoms with E-state index in [1.807, 2.05) is 0 Å². The van der Waals surface area contributed by atoms with Crippen LogP contribution in [0.15, 0.2) is 12.1 Å². The molecular weight excluding hydrogens is 198 g/mol. The lowest BCUT2D eigenvalue weighted by atomic mass is 10.1. The Hall–Kier alpha value is -0.960. The first-order chi connectivity index (χ1) is 6.02. The molecule has 0 N–H and O–H groups in total. The van der Waals surface area contributed by atoms with E-state index < -0.39 is 11.6 Å². The SMILES string of the molecule is CC(=O)Cc1ccc(F)c(F)c1Cl. The molecule has 0 aliphatic carbocycles. The van der Waals surface area contributed by atoms with Crippen molar-refractivity contribution in [3.63, 3.8) is 0 Å². The van der Waals surface area contributed by atoms with E-state index in [0.717, 1.165) is 6.07 Å². The van der Waals surface area contributed by atoms with Crippen molar-refractivity contribution in [2.45, 2.75) is 13.3 Å². The van der Waals surface area contributed by atoms with E-state index in [9.17, 15) is 13.6 Å². The largest absolute Gasteiger partial charge is 0.300 e. The predicted molar refractivity (Wildman–Crippen MR) is 45.8 cm³/mol. The molecule has 0 atom stereocenters. The fraction of sp³-hybridized carbons (Fsp3) is 0.222. The number of carbonyl (C=O) groups excluding carboxylic acids is 1. The van der Waals surface area contributed by atoms with Crippen LogP contribution in [0.3, 0.4) is 0 Å². The standard InChI is InChI=1S/C9H7ClF2O/c1-5(13)4-6-2-3-7(11)9(12)8(6)10/h2-3H,4H2,1H3. The molecule has 0 unspecified atom stereocenters. The van der Waals surface area contributed by atoms with Gasteiger partial charge in [0.2, 0.25) is 0 Å². The average molecular weight is 205 g/mol. The maximum absolute atomic E-state index is 12.8. The monoisotopic (exact) mass is 204 g/mol. The van der Waals surface area contributed by atoms with Gasteiger partial charge in [-0.15, -0.1) is 0 Å². The van der Waals surface area contributed by atoms with E-state index >= 15 is 0 Å². The van der Waals surface area contributed by atoms with Crippen molar-refractivity contribution >= 4 is 17.4 Å². The van der Waals surface area contributed by atoms with Gasteiger partial charge in [-0.05, 0) is 18.6 Å². The van der Waals surface area contributed by atoms with Gasteiger partial charge in [-0.3, -0.25) is 4.79 Å². The van der Waals surface area contributed by atoms with Crippen LogP contribution in [0.5, 0.6) is 0 Å². The van der Waals surface area contributed by atoms with Crippen molar-refractivity contribution in [2.75, 3.05) is 0 Å². The Labute approximate surface area is 79.3 Å². The van der Waals surface area contributed by atoms with Crippen molar-refractivity contribution in [3.05, 3.63) is 34.4 Å². The molecule has 0 bridgehead atoms.